The van der Waals surface area contributed by atoms with Crippen molar-refractivity contribution >= 4 is 12.1 Å². The Bertz CT molecular complexity index is 192. The van der Waals surface area contributed by atoms with Crippen LogP contribution in [-0.2, 0) is 4.79 Å². The fourth-order valence-electron chi connectivity index (χ4n) is 0.401. The summed E-state index contributed by atoms with van der Waals surface area (Å²) < 4.78 is 0. The Labute approximate surface area is 59.7 Å². The number of allylic oxidation sites excluding steroid dienone is 3. The van der Waals surface area contributed by atoms with Gasteiger partial charge in [-0.25, -0.2) is 0 Å². The quantitative estimate of drug-likeness (QED) is 0.335. The van der Waals surface area contributed by atoms with Gasteiger partial charge in [0.05, 0.1) is 5.57 Å². The van der Waals surface area contributed by atoms with Gasteiger partial charge < -0.3 is 11.1 Å². The van der Waals surface area contributed by atoms with E-state index in [-0.39, 0.29) is 5.57 Å². The predicted octanol–water partition coefficient (Wildman–Crippen LogP) is 0.624. The van der Waals surface area contributed by atoms with Crippen molar-refractivity contribution in [3.63, 3.8) is 0 Å². The number of primary amides is 1. The molecule has 0 fully saturated rings. The molecule has 0 atom stereocenters. The molecule has 0 spiro atoms. The van der Waals surface area contributed by atoms with E-state index < -0.39 is 5.91 Å². The predicted molar refractivity (Wildman–Crippen MR) is 40.9 cm³/mol. The number of carbonyl (C=O) groups excluding carboxylic acids is 1. The molecule has 0 aliphatic rings. The van der Waals surface area contributed by atoms with E-state index in [0.29, 0.717) is 0 Å². The Hall–Kier alpha value is -1.38. The molecule has 3 N–H and O–H groups in total. The minimum absolute atomic E-state index is 0.207. The summed E-state index contributed by atoms with van der Waals surface area (Å²) in [6.45, 7) is 1.82. The van der Waals surface area contributed by atoms with Gasteiger partial charge >= 0.3 is 0 Å². The maximum atomic E-state index is 10.4. The van der Waals surface area contributed by atoms with Gasteiger partial charge in [-0.3, -0.25) is 4.79 Å². The molecule has 0 aliphatic carbocycles. The summed E-state index contributed by atoms with van der Waals surface area (Å²) in [6.07, 6.45) is 5.84. The highest BCUT2D eigenvalue weighted by molar-refractivity contribution is 6.10. The molecule has 0 aromatic rings. The van der Waals surface area contributed by atoms with Crippen LogP contribution in [0.5, 0.6) is 0 Å². The molecular weight excluding hydrogens is 128 g/mol. The van der Waals surface area contributed by atoms with Crippen LogP contribution in [0.15, 0.2) is 23.8 Å². The molecule has 0 saturated carbocycles. The van der Waals surface area contributed by atoms with Crippen LogP contribution in [0, 0.1) is 5.41 Å². The topological polar surface area (TPSA) is 66.9 Å². The van der Waals surface area contributed by atoms with Gasteiger partial charge in [0.1, 0.15) is 0 Å². The lowest BCUT2D eigenvalue weighted by atomic mass is 10.2. The summed E-state index contributed by atoms with van der Waals surface area (Å²) >= 11 is 0. The van der Waals surface area contributed by atoms with Gasteiger partial charge in [-0.1, -0.05) is 12.2 Å². The number of amides is 1. The van der Waals surface area contributed by atoms with Crippen molar-refractivity contribution in [2.45, 2.75) is 6.92 Å². The normalized spacial score (nSPS) is 11.9. The fraction of sp³-hybridized carbons (Fsp3) is 0.143. The number of hydrogen-bond donors (Lipinski definition) is 2. The van der Waals surface area contributed by atoms with Crippen LogP contribution in [-0.4, -0.2) is 12.1 Å². The zero-order chi connectivity index (χ0) is 7.98. The van der Waals surface area contributed by atoms with E-state index in [1.807, 2.05) is 6.92 Å². The van der Waals surface area contributed by atoms with E-state index in [1.165, 1.54) is 6.08 Å². The summed E-state index contributed by atoms with van der Waals surface area (Å²) in [7, 11) is 0. The molecule has 0 saturated heterocycles. The Morgan fingerprint density at radius 1 is 1.60 bits per heavy atom. The van der Waals surface area contributed by atoms with Crippen molar-refractivity contribution in [3.05, 3.63) is 23.8 Å². The van der Waals surface area contributed by atoms with Crippen molar-refractivity contribution in [3.8, 4) is 0 Å². The van der Waals surface area contributed by atoms with Crippen molar-refractivity contribution in [2.24, 2.45) is 5.73 Å². The molecule has 10 heavy (non-hydrogen) atoms. The minimum atomic E-state index is -0.576. The van der Waals surface area contributed by atoms with Crippen molar-refractivity contribution in [2.75, 3.05) is 0 Å². The van der Waals surface area contributed by atoms with Gasteiger partial charge in [0.2, 0.25) is 5.91 Å². The SMILES string of the molecule is C/C=C\C=C(/C=N)C(N)=O. The van der Waals surface area contributed by atoms with Gasteiger partial charge in [0, 0.05) is 6.21 Å². The Morgan fingerprint density at radius 2 is 2.20 bits per heavy atom. The second-order valence-corrected chi connectivity index (χ2v) is 1.66. The van der Waals surface area contributed by atoms with E-state index in [2.05, 4.69) is 0 Å². The first-order chi connectivity index (χ1) is 4.72. The Kier molecular flexibility index (Phi) is 3.87. The third kappa shape index (κ3) is 2.81. The number of nitrogens with one attached hydrogen (secondary N) is 1. The number of hydrogen-bond acceptors (Lipinski definition) is 2. The molecule has 0 aliphatic heterocycles. The monoisotopic (exact) mass is 138 g/mol. The summed E-state index contributed by atoms with van der Waals surface area (Å²) in [5.41, 5.74) is 5.10. The molecule has 3 heteroatoms. The summed E-state index contributed by atoms with van der Waals surface area (Å²) in [5.74, 6) is -0.576. The van der Waals surface area contributed by atoms with Crippen molar-refractivity contribution in [1.82, 2.24) is 0 Å². The lowest BCUT2D eigenvalue weighted by molar-refractivity contribution is -0.114. The zero-order valence-corrected chi connectivity index (χ0v) is 5.79. The van der Waals surface area contributed by atoms with Gasteiger partial charge in [-0.2, -0.15) is 0 Å². The summed E-state index contributed by atoms with van der Waals surface area (Å²) in [6, 6.07) is 0. The first kappa shape index (κ1) is 8.62. The van der Waals surface area contributed by atoms with Gasteiger partial charge in [-0.05, 0) is 13.0 Å². The van der Waals surface area contributed by atoms with E-state index in [4.69, 9.17) is 11.1 Å². The van der Waals surface area contributed by atoms with Gasteiger partial charge in [-0.15, -0.1) is 0 Å². The molecule has 54 valence electrons. The highest BCUT2D eigenvalue weighted by atomic mass is 16.1. The molecule has 0 heterocycles. The molecule has 0 aromatic heterocycles. The summed E-state index contributed by atoms with van der Waals surface area (Å²) in [4.78, 5) is 10.4. The van der Waals surface area contributed by atoms with Gasteiger partial charge in [0.25, 0.3) is 0 Å². The largest absolute Gasteiger partial charge is 0.366 e. The van der Waals surface area contributed by atoms with Crippen LogP contribution in [0.4, 0.5) is 0 Å². The second kappa shape index (κ2) is 4.49. The maximum Gasteiger partial charge on any atom is 0.250 e. The van der Waals surface area contributed by atoms with Crippen LogP contribution in [0.25, 0.3) is 0 Å². The Balaban J connectivity index is 4.33. The molecular formula is C7H10N2O. The average Bonchev–Trinajstić information content (AvgIpc) is 1.89. The molecule has 0 aromatic carbocycles. The first-order valence-corrected chi connectivity index (χ1v) is 2.85. The van der Waals surface area contributed by atoms with Gasteiger partial charge in [0.15, 0.2) is 0 Å². The Morgan fingerprint density at radius 3 is 2.50 bits per heavy atom. The van der Waals surface area contributed by atoms with E-state index in [9.17, 15) is 4.79 Å². The zero-order valence-electron chi connectivity index (χ0n) is 5.79. The number of carbonyl (C=O) groups is 1. The van der Waals surface area contributed by atoms with E-state index in [1.54, 1.807) is 12.2 Å². The molecule has 3 nitrogen and oxygen atoms in total. The fourth-order valence-corrected chi connectivity index (χ4v) is 0.401. The van der Waals surface area contributed by atoms with Crippen LogP contribution in [0.2, 0.25) is 0 Å². The number of nitrogens with two attached hydrogens (primary N) is 1. The molecule has 0 unspecified atom stereocenters. The number of rotatable bonds is 3. The van der Waals surface area contributed by atoms with Crippen LogP contribution < -0.4 is 5.73 Å². The standard InChI is InChI=1S/C7H10N2O/c1-2-3-4-6(5-8)7(9)10/h2-5,8H,1H3,(H2,9,10)/b3-2-,6-4+,8-5?. The molecule has 1 amide bonds. The van der Waals surface area contributed by atoms with E-state index in [0.717, 1.165) is 6.21 Å². The van der Waals surface area contributed by atoms with Crippen molar-refractivity contribution in [1.29, 1.82) is 5.41 Å². The first-order valence-electron chi connectivity index (χ1n) is 2.85. The minimum Gasteiger partial charge on any atom is -0.366 e. The lowest BCUT2D eigenvalue weighted by Crippen LogP contribution is -2.14. The lowest BCUT2D eigenvalue weighted by Gasteiger charge is -1.88. The molecule has 0 rings (SSSR count). The molecule has 0 bridgehead atoms. The highest BCUT2D eigenvalue weighted by Crippen LogP contribution is 1.87. The summed E-state index contributed by atoms with van der Waals surface area (Å²) in [5, 5.41) is 6.74. The average molecular weight is 138 g/mol. The van der Waals surface area contributed by atoms with E-state index >= 15 is 0 Å². The third-order valence-electron chi connectivity index (χ3n) is 0.908. The highest BCUT2D eigenvalue weighted by Gasteiger charge is 1.96. The van der Waals surface area contributed by atoms with Crippen molar-refractivity contribution < 1.29 is 4.79 Å². The maximum absolute atomic E-state index is 10.4. The smallest absolute Gasteiger partial charge is 0.250 e. The molecule has 0 radical (unpaired) electrons. The second-order valence-electron chi connectivity index (χ2n) is 1.66. The van der Waals surface area contributed by atoms with Crippen LogP contribution >= 0.6 is 0 Å². The van der Waals surface area contributed by atoms with Crippen LogP contribution in [0.3, 0.4) is 0 Å². The van der Waals surface area contributed by atoms with Crippen LogP contribution in [0.1, 0.15) is 6.92 Å². The third-order valence-corrected chi connectivity index (χ3v) is 0.908.